The molecule has 4 nitrogen and oxygen atoms in total. The van der Waals surface area contributed by atoms with Gasteiger partial charge >= 0.3 is 0 Å². The Morgan fingerprint density at radius 2 is 1.33 bits per heavy atom. The third-order valence-corrected chi connectivity index (χ3v) is 5.75. The quantitative estimate of drug-likeness (QED) is 0.391. The van der Waals surface area contributed by atoms with E-state index in [-0.39, 0.29) is 0 Å². The lowest BCUT2D eigenvalue weighted by atomic mass is 9.94. The molecule has 0 spiro atoms. The molecule has 4 heteroatoms. The minimum absolute atomic E-state index is 0.470. The fourth-order valence-corrected chi connectivity index (χ4v) is 4.00. The standard InChI is InChI=1S/C29H26O4/c30-27-17-23-14-15-26(32-20-22-10-5-2-6-11-22)18-28(23)33-29(27)24-12-7-13-25(16-24)31-19-21-8-3-1-4-9-21/h1-16,18,27,29-30H,17,19-20H2/t27-,29?/m1/s1. The molecule has 1 aliphatic rings. The van der Waals surface area contributed by atoms with Gasteiger partial charge in [-0.1, -0.05) is 78.9 Å². The first-order valence-electron chi connectivity index (χ1n) is 11.2. The Morgan fingerprint density at radius 1 is 0.697 bits per heavy atom. The highest BCUT2D eigenvalue weighted by atomic mass is 16.5. The topological polar surface area (TPSA) is 47.9 Å². The number of aliphatic hydroxyl groups excluding tert-OH is 1. The van der Waals surface area contributed by atoms with Crippen LogP contribution in [0.2, 0.25) is 0 Å². The summed E-state index contributed by atoms with van der Waals surface area (Å²) in [6, 6.07) is 33.7. The molecule has 0 radical (unpaired) electrons. The van der Waals surface area contributed by atoms with Crippen molar-refractivity contribution in [2.24, 2.45) is 0 Å². The minimum Gasteiger partial charge on any atom is -0.489 e. The van der Waals surface area contributed by atoms with Gasteiger partial charge in [0.1, 0.15) is 36.6 Å². The molecular formula is C29H26O4. The molecule has 166 valence electrons. The summed E-state index contributed by atoms with van der Waals surface area (Å²) in [7, 11) is 0. The zero-order valence-corrected chi connectivity index (χ0v) is 18.3. The van der Waals surface area contributed by atoms with Crippen molar-refractivity contribution < 1.29 is 19.3 Å². The van der Waals surface area contributed by atoms with Crippen LogP contribution in [0.5, 0.6) is 17.2 Å². The Morgan fingerprint density at radius 3 is 2.00 bits per heavy atom. The second-order valence-corrected chi connectivity index (χ2v) is 8.20. The second kappa shape index (κ2) is 9.80. The van der Waals surface area contributed by atoms with Crippen LogP contribution in [-0.4, -0.2) is 11.2 Å². The first kappa shape index (κ1) is 21.1. The number of hydrogen-bond donors (Lipinski definition) is 1. The predicted octanol–water partition coefficient (Wildman–Crippen LogP) is 5.88. The summed E-state index contributed by atoms with van der Waals surface area (Å²) in [6.07, 6.45) is -0.589. The van der Waals surface area contributed by atoms with E-state index in [9.17, 15) is 5.11 Å². The van der Waals surface area contributed by atoms with E-state index in [2.05, 4.69) is 0 Å². The van der Waals surface area contributed by atoms with E-state index >= 15 is 0 Å². The zero-order chi connectivity index (χ0) is 22.5. The highest BCUT2D eigenvalue weighted by molar-refractivity contribution is 5.44. The van der Waals surface area contributed by atoms with Crippen LogP contribution in [0.1, 0.15) is 28.4 Å². The minimum atomic E-state index is -0.641. The van der Waals surface area contributed by atoms with Crippen molar-refractivity contribution >= 4 is 0 Å². The van der Waals surface area contributed by atoms with Crippen molar-refractivity contribution in [1.29, 1.82) is 0 Å². The number of benzene rings is 4. The van der Waals surface area contributed by atoms with Gasteiger partial charge in [0.15, 0.2) is 0 Å². The number of ether oxygens (including phenoxy) is 3. The summed E-state index contributed by atoms with van der Waals surface area (Å²) in [6.45, 7) is 0.982. The lowest BCUT2D eigenvalue weighted by Gasteiger charge is -2.31. The van der Waals surface area contributed by atoms with Crippen LogP contribution in [0.3, 0.4) is 0 Å². The maximum atomic E-state index is 10.8. The normalized spacial score (nSPS) is 17.0. The summed E-state index contributed by atoms with van der Waals surface area (Å²) in [5, 5.41) is 10.8. The van der Waals surface area contributed by atoms with Crippen LogP contribution >= 0.6 is 0 Å². The summed E-state index contributed by atoms with van der Waals surface area (Å²) in [4.78, 5) is 0. The monoisotopic (exact) mass is 438 g/mol. The molecule has 2 atom stereocenters. The molecule has 1 unspecified atom stereocenters. The molecule has 0 aliphatic carbocycles. The van der Waals surface area contributed by atoms with Crippen LogP contribution in [0, 0.1) is 0 Å². The summed E-state index contributed by atoms with van der Waals surface area (Å²) in [5.41, 5.74) is 4.07. The van der Waals surface area contributed by atoms with Gasteiger partial charge in [-0.05, 0) is 40.5 Å². The van der Waals surface area contributed by atoms with Crippen LogP contribution in [0.15, 0.2) is 103 Å². The van der Waals surface area contributed by atoms with Gasteiger partial charge in [-0.3, -0.25) is 0 Å². The van der Waals surface area contributed by atoms with Crippen molar-refractivity contribution in [3.8, 4) is 17.2 Å². The third kappa shape index (κ3) is 5.18. The molecule has 4 aromatic rings. The summed E-state index contributed by atoms with van der Waals surface area (Å²) < 4.78 is 18.2. The Balaban J connectivity index is 1.29. The maximum absolute atomic E-state index is 10.8. The van der Waals surface area contributed by atoms with Gasteiger partial charge in [0.2, 0.25) is 0 Å². The fraction of sp³-hybridized carbons (Fsp3) is 0.172. The van der Waals surface area contributed by atoms with E-state index in [0.29, 0.717) is 19.6 Å². The molecule has 0 aromatic heterocycles. The molecule has 33 heavy (non-hydrogen) atoms. The number of aliphatic hydroxyl groups is 1. The molecule has 0 amide bonds. The van der Waals surface area contributed by atoms with Crippen molar-refractivity contribution in [2.45, 2.75) is 31.8 Å². The van der Waals surface area contributed by atoms with E-state index in [1.165, 1.54) is 0 Å². The highest BCUT2D eigenvalue weighted by Crippen LogP contribution is 2.38. The third-order valence-electron chi connectivity index (χ3n) is 5.75. The lowest BCUT2D eigenvalue weighted by Crippen LogP contribution is -2.30. The number of rotatable bonds is 7. The Kier molecular flexibility index (Phi) is 6.27. The summed E-state index contributed by atoms with van der Waals surface area (Å²) in [5.74, 6) is 2.23. The van der Waals surface area contributed by atoms with Gasteiger partial charge in [-0.25, -0.2) is 0 Å². The second-order valence-electron chi connectivity index (χ2n) is 8.20. The Labute approximate surface area is 194 Å². The Hall–Kier alpha value is -3.76. The fourth-order valence-electron chi connectivity index (χ4n) is 4.00. The molecular weight excluding hydrogens is 412 g/mol. The van der Waals surface area contributed by atoms with Gasteiger partial charge in [0, 0.05) is 12.5 Å². The van der Waals surface area contributed by atoms with Gasteiger partial charge in [0.25, 0.3) is 0 Å². The van der Waals surface area contributed by atoms with Crippen LogP contribution < -0.4 is 14.2 Å². The molecule has 0 saturated carbocycles. The zero-order valence-electron chi connectivity index (χ0n) is 18.3. The highest BCUT2D eigenvalue weighted by Gasteiger charge is 2.30. The lowest BCUT2D eigenvalue weighted by molar-refractivity contribution is 0.0204. The van der Waals surface area contributed by atoms with Crippen molar-refractivity contribution in [3.05, 3.63) is 125 Å². The smallest absolute Gasteiger partial charge is 0.150 e. The van der Waals surface area contributed by atoms with E-state index in [0.717, 1.165) is 39.5 Å². The first-order chi connectivity index (χ1) is 16.2. The van der Waals surface area contributed by atoms with E-state index < -0.39 is 12.2 Å². The molecule has 0 bridgehead atoms. The number of fused-ring (bicyclic) bond motifs is 1. The molecule has 1 N–H and O–H groups in total. The summed E-state index contributed by atoms with van der Waals surface area (Å²) >= 11 is 0. The average Bonchev–Trinajstić information content (AvgIpc) is 2.87. The van der Waals surface area contributed by atoms with Crippen LogP contribution in [0.4, 0.5) is 0 Å². The Bertz CT molecular complexity index is 1190. The molecule has 1 aliphatic heterocycles. The first-order valence-corrected chi connectivity index (χ1v) is 11.2. The largest absolute Gasteiger partial charge is 0.489 e. The van der Waals surface area contributed by atoms with Crippen molar-refractivity contribution in [2.75, 3.05) is 0 Å². The van der Waals surface area contributed by atoms with E-state index in [1.807, 2.05) is 103 Å². The SMILES string of the molecule is O[C@@H]1Cc2ccc(OCc3ccccc3)cc2OC1c1cccc(OCc2ccccc2)c1. The molecule has 5 rings (SSSR count). The van der Waals surface area contributed by atoms with Gasteiger partial charge in [-0.15, -0.1) is 0 Å². The van der Waals surface area contributed by atoms with Gasteiger partial charge in [-0.2, -0.15) is 0 Å². The van der Waals surface area contributed by atoms with Gasteiger partial charge in [0.05, 0.1) is 6.10 Å². The van der Waals surface area contributed by atoms with Crippen LogP contribution in [0.25, 0.3) is 0 Å². The van der Waals surface area contributed by atoms with Crippen molar-refractivity contribution in [3.63, 3.8) is 0 Å². The predicted molar refractivity (Wildman–Crippen MR) is 128 cm³/mol. The average molecular weight is 439 g/mol. The molecule has 4 aromatic carbocycles. The van der Waals surface area contributed by atoms with Crippen molar-refractivity contribution in [1.82, 2.24) is 0 Å². The number of hydrogen-bond acceptors (Lipinski definition) is 4. The van der Waals surface area contributed by atoms with E-state index in [1.54, 1.807) is 0 Å². The molecule has 0 saturated heterocycles. The molecule has 1 heterocycles. The maximum Gasteiger partial charge on any atom is 0.150 e. The molecule has 0 fully saturated rings. The van der Waals surface area contributed by atoms with Crippen LogP contribution in [-0.2, 0) is 19.6 Å². The van der Waals surface area contributed by atoms with E-state index in [4.69, 9.17) is 14.2 Å². The van der Waals surface area contributed by atoms with Gasteiger partial charge < -0.3 is 19.3 Å².